The Morgan fingerprint density at radius 3 is 2.72 bits per heavy atom. The summed E-state index contributed by atoms with van der Waals surface area (Å²) in [5.41, 5.74) is 7.85. The summed E-state index contributed by atoms with van der Waals surface area (Å²) in [7, 11) is 0. The van der Waals surface area contributed by atoms with Gasteiger partial charge in [-0.05, 0) is 37.0 Å². The van der Waals surface area contributed by atoms with Crippen LogP contribution in [0.2, 0.25) is 0 Å². The van der Waals surface area contributed by atoms with E-state index in [2.05, 4.69) is 16.9 Å². The van der Waals surface area contributed by atoms with Crippen LogP contribution >= 0.6 is 0 Å². The van der Waals surface area contributed by atoms with Crippen molar-refractivity contribution in [3.63, 3.8) is 0 Å². The van der Waals surface area contributed by atoms with E-state index in [0.717, 1.165) is 30.4 Å². The molecule has 6 heteroatoms. The van der Waals surface area contributed by atoms with Gasteiger partial charge in [-0.2, -0.15) is 0 Å². The highest BCUT2D eigenvalue weighted by Crippen LogP contribution is 2.21. The van der Waals surface area contributed by atoms with E-state index in [-0.39, 0.29) is 17.7 Å². The molecule has 0 aliphatic carbocycles. The third-order valence-electron chi connectivity index (χ3n) is 4.59. The van der Waals surface area contributed by atoms with E-state index in [0.29, 0.717) is 24.5 Å². The van der Waals surface area contributed by atoms with Gasteiger partial charge in [0.1, 0.15) is 0 Å². The number of nitrogens with two attached hydrogens (primary N) is 1. The second-order valence-corrected chi connectivity index (χ2v) is 6.34. The highest BCUT2D eigenvalue weighted by atomic mass is 16.2. The third-order valence-corrected chi connectivity index (χ3v) is 4.59. The molecular weight excluding hydrogens is 316 g/mol. The van der Waals surface area contributed by atoms with Crippen LogP contribution in [-0.2, 0) is 11.2 Å². The van der Waals surface area contributed by atoms with Gasteiger partial charge in [-0.15, -0.1) is 0 Å². The third kappa shape index (κ3) is 3.84. The molecule has 1 atom stereocenters. The number of carbonyl (C=O) groups is 2. The minimum absolute atomic E-state index is 0.0852. The Bertz CT molecular complexity index is 773. The lowest BCUT2D eigenvalue weighted by molar-refractivity contribution is -0.123. The Labute approximate surface area is 147 Å². The number of benzene rings is 1. The number of hydrogen-bond acceptors (Lipinski definition) is 4. The lowest BCUT2D eigenvalue weighted by Crippen LogP contribution is -2.44. The highest BCUT2D eigenvalue weighted by molar-refractivity contribution is 5.95. The Balaban J connectivity index is 1.80. The van der Waals surface area contributed by atoms with E-state index >= 15 is 0 Å². The smallest absolute Gasteiger partial charge is 0.253 e. The average molecular weight is 338 g/mol. The van der Waals surface area contributed by atoms with Gasteiger partial charge >= 0.3 is 0 Å². The molecule has 2 amide bonds. The summed E-state index contributed by atoms with van der Waals surface area (Å²) in [6, 6.07) is 7.30. The molecule has 1 saturated heterocycles. The van der Waals surface area contributed by atoms with Crippen molar-refractivity contribution in [1.82, 2.24) is 14.9 Å². The monoisotopic (exact) mass is 338 g/mol. The number of hydrogen-bond donors (Lipinski definition) is 1. The molecule has 1 aromatic carbocycles. The summed E-state index contributed by atoms with van der Waals surface area (Å²) < 4.78 is 0. The minimum Gasteiger partial charge on any atom is -0.369 e. The number of aryl methyl sites for hydroxylation is 1. The van der Waals surface area contributed by atoms with E-state index in [1.807, 2.05) is 12.1 Å². The predicted molar refractivity (Wildman–Crippen MR) is 94.7 cm³/mol. The zero-order valence-corrected chi connectivity index (χ0v) is 14.3. The molecule has 0 bridgehead atoms. The van der Waals surface area contributed by atoms with Gasteiger partial charge in [-0.1, -0.05) is 19.1 Å². The number of carbonyl (C=O) groups excluding carboxylic acids is 2. The van der Waals surface area contributed by atoms with Crippen LogP contribution < -0.4 is 5.73 Å². The molecule has 0 saturated carbocycles. The van der Waals surface area contributed by atoms with Crippen molar-refractivity contribution in [2.45, 2.75) is 26.2 Å². The van der Waals surface area contributed by atoms with Crippen LogP contribution in [0.3, 0.4) is 0 Å². The van der Waals surface area contributed by atoms with Crippen molar-refractivity contribution in [3.8, 4) is 11.4 Å². The summed E-state index contributed by atoms with van der Waals surface area (Å²) in [5, 5.41) is 0. The number of primary amides is 1. The molecule has 0 radical (unpaired) electrons. The lowest BCUT2D eigenvalue weighted by atomic mass is 9.96. The van der Waals surface area contributed by atoms with Crippen LogP contribution in [0.4, 0.5) is 0 Å². The Hall–Kier alpha value is -2.76. The lowest BCUT2D eigenvalue weighted by Gasteiger charge is -2.31. The number of aromatic nitrogens is 2. The fraction of sp³-hybridized carbons (Fsp3) is 0.368. The van der Waals surface area contributed by atoms with Crippen molar-refractivity contribution in [1.29, 1.82) is 0 Å². The molecule has 2 N–H and O–H groups in total. The number of likely N-dealkylation sites (tertiary alicyclic amines) is 1. The molecule has 3 rings (SSSR count). The maximum absolute atomic E-state index is 12.8. The van der Waals surface area contributed by atoms with Gasteiger partial charge in [-0.25, -0.2) is 9.97 Å². The molecule has 1 aliphatic rings. The number of piperidine rings is 1. The first kappa shape index (κ1) is 17.1. The highest BCUT2D eigenvalue weighted by Gasteiger charge is 2.27. The zero-order valence-electron chi connectivity index (χ0n) is 14.3. The standard InChI is InChI=1S/C19H22N4O2/c1-2-13-10-21-18(22-11-13)14-5-3-6-15(9-14)19(25)23-8-4-7-16(12-23)17(20)24/h3,5-6,9-11,16H,2,4,7-8,12H2,1H3,(H2,20,24)/t16-/m0/s1. The Kier molecular flexibility index (Phi) is 5.07. The summed E-state index contributed by atoms with van der Waals surface area (Å²) in [6.45, 7) is 3.09. The van der Waals surface area contributed by atoms with E-state index in [1.165, 1.54) is 0 Å². The second kappa shape index (κ2) is 7.42. The van der Waals surface area contributed by atoms with Crippen LogP contribution in [0.25, 0.3) is 11.4 Å². The molecule has 0 unspecified atom stereocenters. The zero-order chi connectivity index (χ0) is 17.8. The molecule has 1 aliphatic heterocycles. The normalized spacial score (nSPS) is 17.3. The molecule has 130 valence electrons. The molecule has 0 spiro atoms. The second-order valence-electron chi connectivity index (χ2n) is 6.34. The van der Waals surface area contributed by atoms with Crippen LogP contribution in [-0.4, -0.2) is 39.8 Å². The van der Waals surface area contributed by atoms with Gasteiger partial charge < -0.3 is 10.6 Å². The molecule has 1 fully saturated rings. The Morgan fingerprint density at radius 2 is 2.04 bits per heavy atom. The van der Waals surface area contributed by atoms with E-state index in [4.69, 9.17) is 5.73 Å². The van der Waals surface area contributed by atoms with Crippen molar-refractivity contribution < 1.29 is 9.59 Å². The summed E-state index contributed by atoms with van der Waals surface area (Å²) >= 11 is 0. The van der Waals surface area contributed by atoms with E-state index < -0.39 is 0 Å². The molecular formula is C19H22N4O2. The van der Waals surface area contributed by atoms with Gasteiger partial charge in [0.2, 0.25) is 5.91 Å². The van der Waals surface area contributed by atoms with Crippen molar-refractivity contribution in [3.05, 3.63) is 47.8 Å². The van der Waals surface area contributed by atoms with Gasteiger partial charge in [0, 0.05) is 36.6 Å². The first-order chi connectivity index (χ1) is 12.1. The van der Waals surface area contributed by atoms with Crippen LogP contribution in [0.1, 0.15) is 35.7 Å². The summed E-state index contributed by atoms with van der Waals surface area (Å²) in [5.74, 6) is -0.0834. The predicted octanol–water partition coefficient (Wildman–Crippen LogP) is 2.04. The van der Waals surface area contributed by atoms with Crippen molar-refractivity contribution in [2.75, 3.05) is 13.1 Å². The SMILES string of the molecule is CCc1cnc(-c2cccc(C(=O)N3CCC[C@H](C(N)=O)C3)c2)nc1. The molecule has 1 aromatic heterocycles. The largest absolute Gasteiger partial charge is 0.369 e. The van der Waals surface area contributed by atoms with E-state index in [9.17, 15) is 9.59 Å². The van der Waals surface area contributed by atoms with Crippen molar-refractivity contribution >= 4 is 11.8 Å². The van der Waals surface area contributed by atoms with E-state index in [1.54, 1.807) is 29.4 Å². The molecule has 6 nitrogen and oxygen atoms in total. The molecule has 2 aromatic rings. The maximum atomic E-state index is 12.8. The maximum Gasteiger partial charge on any atom is 0.253 e. The van der Waals surface area contributed by atoms with Crippen LogP contribution in [0, 0.1) is 5.92 Å². The Morgan fingerprint density at radius 1 is 1.28 bits per heavy atom. The van der Waals surface area contributed by atoms with Crippen LogP contribution in [0.5, 0.6) is 0 Å². The van der Waals surface area contributed by atoms with Gasteiger partial charge in [0.15, 0.2) is 5.82 Å². The fourth-order valence-corrected chi connectivity index (χ4v) is 3.05. The first-order valence-electron chi connectivity index (χ1n) is 8.58. The summed E-state index contributed by atoms with van der Waals surface area (Å²) in [6.07, 6.45) is 6.03. The summed E-state index contributed by atoms with van der Waals surface area (Å²) in [4.78, 5) is 34.7. The topological polar surface area (TPSA) is 89.2 Å². The van der Waals surface area contributed by atoms with Crippen molar-refractivity contribution in [2.24, 2.45) is 11.7 Å². The molecule has 2 heterocycles. The van der Waals surface area contributed by atoms with Gasteiger partial charge in [0.25, 0.3) is 5.91 Å². The fourth-order valence-electron chi connectivity index (χ4n) is 3.05. The van der Waals surface area contributed by atoms with Gasteiger partial charge in [-0.3, -0.25) is 9.59 Å². The van der Waals surface area contributed by atoms with Crippen LogP contribution in [0.15, 0.2) is 36.7 Å². The number of rotatable bonds is 4. The number of amides is 2. The number of nitrogens with zero attached hydrogens (tertiary/aromatic N) is 3. The minimum atomic E-state index is -0.337. The first-order valence-corrected chi connectivity index (χ1v) is 8.58. The quantitative estimate of drug-likeness (QED) is 0.924. The van der Waals surface area contributed by atoms with Gasteiger partial charge in [0.05, 0.1) is 5.92 Å². The average Bonchev–Trinajstić information content (AvgIpc) is 2.67. The molecule has 25 heavy (non-hydrogen) atoms.